The van der Waals surface area contributed by atoms with Crippen LogP contribution in [-0.2, 0) is 9.53 Å². The maximum absolute atomic E-state index is 10.9. The lowest BCUT2D eigenvalue weighted by molar-refractivity contribution is -0.137. The first-order valence-electron chi connectivity index (χ1n) is 5.86. The highest BCUT2D eigenvalue weighted by atomic mass is 16.5. The van der Waals surface area contributed by atoms with E-state index in [4.69, 9.17) is 5.26 Å². The fraction of sp³-hybridized carbons (Fsp3) is 0.0588. The third-order valence-corrected chi connectivity index (χ3v) is 1.99. The molecule has 0 unspecified atom stereocenters. The van der Waals surface area contributed by atoms with Crippen molar-refractivity contribution in [2.24, 2.45) is 0 Å². The Morgan fingerprint density at radius 1 is 1.30 bits per heavy atom. The number of benzene rings is 1. The minimum absolute atomic E-state index is 0.151. The molecule has 0 aromatic heterocycles. The van der Waals surface area contributed by atoms with E-state index in [1.807, 2.05) is 36.4 Å². The van der Waals surface area contributed by atoms with Crippen LogP contribution in [0.5, 0.6) is 0 Å². The predicted molar refractivity (Wildman–Crippen MR) is 81.6 cm³/mol. The number of hydrogen-bond acceptors (Lipinski definition) is 3. The van der Waals surface area contributed by atoms with Gasteiger partial charge in [-0.25, -0.2) is 4.79 Å². The van der Waals surface area contributed by atoms with Gasteiger partial charge in [0, 0.05) is 6.08 Å². The van der Waals surface area contributed by atoms with E-state index in [0.717, 1.165) is 6.08 Å². The Morgan fingerprint density at radius 3 is 2.40 bits per heavy atom. The van der Waals surface area contributed by atoms with E-state index >= 15 is 0 Å². The first-order chi connectivity index (χ1) is 9.65. The second-order valence-electron chi connectivity index (χ2n) is 3.49. The van der Waals surface area contributed by atoms with Crippen LogP contribution >= 0.6 is 0 Å². The molecule has 0 saturated carbocycles. The molecule has 0 amide bonds. The predicted octanol–water partition coefficient (Wildman–Crippen LogP) is 3.68. The molecule has 3 nitrogen and oxygen atoms in total. The highest BCUT2D eigenvalue weighted by Crippen LogP contribution is 1.97. The Labute approximate surface area is 119 Å². The molecule has 1 aromatic rings. The van der Waals surface area contributed by atoms with Gasteiger partial charge in [0.05, 0.1) is 11.6 Å². The molecule has 0 bridgehead atoms. The number of carbonyl (C=O) groups excluding carboxylic acids is 1. The fourth-order valence-corrected chi connectivity index (χ4v) is 1.02. The number of nitrogens with zero attached hydrogens (tertiary/aromatic N) is 1. The summed E-state index contributed by atoms with van der Waals surface area (Å²) in [6, 6.07) is 11.8. The van der Waals surface area contributed by atoms with Crippen LogP contribution in [0.3, 0.4) is 0 Å². The Morgan fingerprint density at radius 2 is 1.95 bits per heavy atom. The number of esters is 1. The van der Waals surface area contributed by atoms with Crippen LogP contribution in [0.25, 0.3) is 6.08 Å². The lowest BCUT2D eigenvalue weighted by Crippen LogP contribution is -2.05. The fourth-order valence-electron chi connectivity index (χ4n) is 1.02. The van der Waals surface area contributed by atoms with Gasteiger partial charge in [0.25, 0.3) is 0 Å². The molecular formula is C17H17NO2. The highest BCUT2D eigenvalue weighted by Gasteiger charge is 2.02. The number of nitriles is 1. The molecule has 3 heteroatoms. The zero-order valence-corrected chi connectivity index (χ0v) is 11.3. The minimum atomic E-state index is -0.540. The summed E-state index contributed by atoms with van der Waals surface area (Å²) in [6.45, 7) is 10.6. The monoisotopic (exact) mass is 267 g/mol. The van der Waals surface area contributed by atoms with Crippen molar-refractivity contribution in [2.45, 2.75) is 0 Å². The van der Waals surface area contributed by atoms with Crippen LogP contribution < -0.4 is 0 Å². The van der Waals surface area contributed by atoms with Crippen molar-refractivity contribution in [1.29, 1.82) is 5.26 Å². The molecule has 0 atom stereocenters. The molecule has 0 heterocycles. The first-order valence-corrected chi connectivity index (χ1v) is 5.86. The van der Waals surface area contributed by atoms with E-state index in [-0.39, 0.29) is 12.2 Å². The summed E-state index contributed by atoms with van der Waals surface area (Å²) in [5, 5.41) is 8.13. The molecule has 0 aliphatic rings. The summed E-state index contributed by atoms with van der Waals surface area (Å²) >= 11 is 0. The zero-order chi connectivity index (χ0) is 15.2. The summed E-state index contributed by atoms with van der Waals surface area (Å²) in [5.74, 6) is -0.540. The highest BCUT2D eigenvalue weighted by molar-refractivity contribution is 5.90. The third kappa shape index (κ3) is 8.26. The second-order valence-corrected chi connectivity index (χ2v) is 3.49. The average Bonchev–Trinajstić information content (AvgIpc) is 2.51. The van der Waals surface area contributed by atoms with Gasteiger partial charge < -0.3 is 4.74 Å². The number of carbonyl (C=O) groups is 1. The summed E-state index contributed by atoms with van der Waals surface area (Å²) in [6.07, 6.45) is 5.75. The van der Waals surface area contributed by atoms with Crippen LogP contribution in [0, 0.1) is 11.3 Å². The Balaban J connectivity index is 0.000000388. The zero-order valence-electron chi connectivity index (χ0n) is 11.3. The quantitative estimate of drug-likeness (QED) is 0.269. The molecule has 0 saturated heterocycles. The van der Waals surface area contributed by atoms with E-state index in [9.17, 15) is 4.79 Å². The average molecular weight is 267 g/mol. The van der Waals surface area contributed by atoms with E-state index in [0.29, 0.717) is 0 Å². The molecule has 0 spiro atoms. The lowest BCUT2D eigenvalue weighted by atomic mass is 10.2. The van der Waals surface area contributed by atoms with E-state index < -0.39 is 5.97 Å². The molecule has 0 aliphatic carbocycles. The van der Waals surface area contributed by atoms with Gasteiger partial charge in [0.2, 0.25) is 0 Å². The van der Waals surface area contributed by atoms with Gasteiger partial charge in [0.1, 0.15) is 6.61 Å². The SMILES string of the molecule is C=CCOC(=O)C(=C)C=CC#N.C=Cc1ccccc1. The van der Waals surface area contributed by atoms with Gasteiger partial charge in [-0.1, -0.05) is 62.2 Å². The Hall–Kier alpha value is -2.86. The van der Waals surface area contributed by atoms with Crippen molar-refractivity contribution in [3.05, 3.63) is 79.4 Å². The molecule has 1 aromatic carbocycles. The first kappa shape index (κ1) is 17.1. The third-order valence-electron chi connectivity index (χ3n) is 1.99. The lowest BCUT2D eigenvalue weighted by Gasteiger charge is -1.98. The molecule has 0 fully saturated rings. The minimum Gasteiger partial charge on any atom is -0.458 e. The molecule has 0 aliphatic heterocycles. The van der Waals surface area contributed by atoms with Crippen molar-refractivity contribution in [3.8, 4) is 6.07 Å². The maximum atomic E-state index is 10.9. The maximum Gasteiger partial charge on any atom is 0.337 e. The number of ether oxygens (including phenoxy) is 1. The van der Waals surface area contributed by atoms with Crippen LogP contribution in [-0.4, -0.2) is 12.6 Å². The summed E-state index contributed by atoms with van der Waals surface area (Å²) < 4.78 is 4.63. The normalized spacial score (nSPS) is 8.75. The number of hydrogen-bond donors (Lipinski definition) is 0. The van der Waals surface area contributed by atoms with Gasteiger partial charge in [-0.3, -0.25) is 0 Å². The van der Waals surface area contributed by atoms with E-state index in [1.54, 1.807) is 6.07 Å². The molecule has 0 N–H and O–H groups in total. The molecule has 0 radical (unpaired) electrons. The second kappa shape index (κ2) is 11.2. The summed E-state index contributed by atoms with van der Waals surface area (Å²) in [5.41, 5.74) is 1.32. The van der Waals surface area contributed by atoms with Crippen molar-refractivity contribution >= 4 is 12.0 Å². The van der Waals surface area contributed by atoms with Gasteiger partial charge in [-0.15, -0.1) is 0 Å². The van der Waals surface area contributed by atoms with Crippen LogP contribution in [0.15, 0.2) is 73.9 Å². The Kier molecular flexibility index (Phi) is 9.64. The van der Waals surface area contributed by atoms with Gasteiger partial charge in [0.15, 0.2) is 0 Å². The van der Waals surface area contributed by atoms with Crippen LogP contribution in [0.4, 0.5) is 0 Å². The topological polar surface area (TPSA) is 50.1 Å². The van der Waals surface area contributed by atoms with Gasteiger partial charge in [-0.2, -0.15) is 5.26 Å². The van der Waals surface area contributed by atoms with Crippen molar-refractivity contribution < 1.29 is 9.53 Å². The summed E-state index contributed by atoms with van der Waals surface area (Å²) in [4.78, 5) is 10.9. The molecule has 20 heavy (non-hydrogen) atoms. The van der Waals surface area contributed by atoms with Gasteiger partial charge >= 0.3 is 5.97 Å². The molecular weight excluding hydrogens is 250 g/mol. The van der Waals surface area contributed by atoms with E-state index in [1.165, 1.54) is 17.7 Å². The van der Waals surface area contributed by atoms with Crippen molar-refractivity contribution in [3.63, 3.8) is 0 Å². The standard InChI is InChI=1S/C9H9NO2.C8H8/c1-3-7-12-9(11)8(2)5-4-6-10;1-2-8-6-4-3-5-7-8/h3-5H,1-2,7H2;2-7H,1H2. The largest absolute Gasteiger partial charge is 0.458 e. The van der Waals surface area contributed by atoms with Gasteiger partial charge in [-0.05, 0) is 11.6 Å². The number of allylic oxidation sites excluding steroid dienone is 1. The number of rotatable bonds is 5. The van der Waals surface area contributed by atoms with Crippen molar-refractivity contribution in [1.82, 2.24) is 0 Å². The summed E-state index contributed by atoms with van der Waals surface area (Å²) in [7, 11) is 0. The van der Waals surface area contributed by atoms with Crippen molar-refractivity contribution in [2.75, 3.05) is 6.61 Å². The molecule has 102 valence electrons. The smallest absolute Gasteiger partial charge is 0.337 e. The van der Waals surface area contributed by atoms with Crippen LogP contribution in [0.1, 0.15) is 5.56 Å². The Bertz CT molecular complexity index is 522. The van der Waals surface area contributed by atoms with Crippen LogP contribution in [0.2, 0.25) is 0 Å². The van der Waals surface area contributed by atoms with E-state index in [2.05, 4.69) is 24.5 Å². The molecule has 1 rings (SSSR count).